The fourth-order valence-electron chi connectivity index (χ4n) is 1.64. The highest BCUT2D eigenvalue weighted by Crippen LogP contribution is 2.18. The Hall–Kier alpha value is -0.120. The third-order valence-corrected chi connectivity index (χ3v) is 2.15. The van der Waals surface area contributed by atoms with Crippen LogP contribution in [0.4, 0.5) is 0 Å². The van der Waals surface area contributed by atoms with Gasteiger partial charge in [-0.05, 0) is 7.05 Å². The molecular formula is C7H13NO2. The van der Waals surface area contributed by atoms with Gasteiger partial charge in [0.25, 0.3) is 0 Å². The Labute approximate surface area is 60.9 Å². The molecule has 0 aliphatic carbocycles. The van der Waals surface area contributed by atoms with Crippen LogP contribution in [0.1, 0.15) is 0 Å². The number of hydrogen-bond donors (Lipinski definition) is 0. The van der Waals surface area contributed by atoms with Crippen LogP contribution >= 0.6 is 0 Å². The smallest absolute Gasteiger partial charge is 0.0976 e. The molecule has 2 rings (SSSR count). The van der Waals surface area contributed by atoms with Gasteiger partial charge in [0.2, 0.25) is 0 Å². The maximum absolute atomic E-state index is 5.51. The second kappa shape index (κ2) is 2.49. The lowest BCUT2D eigenvalue weighted by molar-refractivity contribution is -0.116. The lowest BCUT2D eigenvalue weighted by Crippen LogP contribution is -2.36. The molecule has 0 bridgehead atoms. The molecule has 2 heterocycles. The monoisotopic (exact) mass is 143 g/mol. The maximum Gasteiger partial charge on any atom is 0.0976 e. The number of fused-ring (bicyclic) bond motifs is 1. The predicted octanol–water partition coefficient (Wildman–Crippen LogP) is -0.284. The van der Waals surface area contributed by atoms with E-state index in [4.69, 9.17) is 9.47 Å². The molecule has 0 saturated carbocycles. The lowest BCUT2D eigenvalue weighted by atomic mass is 10.2. The molecule has 3 nitrogen and oxygen atoms in total. The first-order valence-corrected chi connectivity index (χ1v) is 3.78. The van der Waals surface area contributed by atoms with Crippen molar-refractivity contribution in [2.24, 2.45) is 0 Å². The number of likely N-dealkylation sites (N-methyl/N-ethyl adjacent to an activating group) is 1. The lowest BCUT2D eigenvalue weighted by Gasteiger charge is -2.24. The zero-order chi connectivity index (χ0) is 6.97. The first-order chi connectivity index (χ1) is 4.86. The van der Waals surface area contributed by atoms with Crippen molar-refractivity contribution in [2.45, 2.75) is 12.2 Å². The van der Waals surface area contributed by atoms with E-state index in [1.165, 1.54) is 0 Å². The van der Waals surface area contributed by atoms with E-state index in [-0.39, 0.29) is 0 Å². The van der Waals surface area contributed by atoms with Gasteiger partial charge in [0, 0.05) is 13.1 Å². The standard InChI is InChI=1S/C7H13NO2/c1-8-4-6-7(5-8)10-3-2-9-6/h6-7H,2-5H2,1H3. The minimum absolute atomic E-state index is 0.346. The van der Waals surface area contributed by atoms with Gasteiger partial charge >= 0.3 is 0 Å². The molecule has 0 aromatic rings. The first kappa shape index (κ1) is 6.58. The number of ether oxygens (including phenoxy) is 2. The molecule has 2 aliphatic heterocycles. The van der Waals surface area contributed by atoms with Crippen molar-refractivity contribution >= 4 is 0 Å². The van der Waals surface area contributed by atoms with Crippen molar-refractivity contribution in [1.82, 2.24) is 4.90 Å². The summed E-state index contributed by atoms with van der Waals surface area (Å²) < 4.78 is 11.0. The van der Waals surface area contributed by atoms with Gasteiger partial charge in [-0.3, -0.25) is 0 Å². The van der Waals surface area contributed by atoms with E-state index in [0.29, 0.717) is 12.2 Å². The van der Waals surface area contributed by atoms with Gasteiger partial charge in [0.05, 0.1) is 25.4 Å². The minimum Gasteiger partial charge on any atom is -0.372 e. The van der Waals surface area contributed by atoms with Crippen molar-refractivity contribution < 1.29 is 9.47 Å². The Kier molecular flexibility index (Phi) is 1.64. The highest BCUT2D eigenvalue weighted by atomic mass is 16.6. The van der Waals surface area contributed by atoms with Crippen LogP contribution in [0, 0.1) is 0 Å². The van der Waals surface area contributed by atoms with Gasteiger partial charge in [0.15, 0.2) is 0 Å². The third-order valence-electron chi connectivity index (χ3n) is 2.15. The summed E-state index contributed by atoms with van der Waals surface area (Å²) in [6.07, 6.45) is 0.692. The topological polar surface area (TPSA) is 21.7 Å². The van der Waals surface area contributed by atoms with Crippen molar-refractivity contribution in [3.63, 3.8) is 0 Å². The van der Waals surface area contributed by atoms with Gasteiger partial charge in [-0.25, -0.2) is 0 Å². The van der Waals surface area contributed by atoms with Gasteiger partial charge in [-0.15, -0.1) is 0 Å². The van der Waals surface area contributed by atoms with Gasteiger partial charge in [-0.2, -0.15) is 0 Å². The van der Waals surface area contributed by atoms with Crippen LogP contribution < -0.4 is 0 Å². The molecule has 0 radical (unpaired) electrons. The quantitative estimate of drug-likeness (QED) is 0.465. The Morgan fingerprint density at radius 1 is 1.10 bits per heavy atom. The Balaban J connectivity index is 1.97. The normalized spacial score (nSPS) is 41.7. The highest BCUT2D eigenvalue weighted by Gasteiger charge is 2.34. The van der Waals surface area contributed by atoms with E-state index in [1.54, 1.807) is 0 Å². The summed E-state index contributed by atoms with van der Waals surface area (Å²) >= 11 is 0. The van der Waals surface area contributed by atoms with Gasteiger partial charge < -0.3 is 14.4 Å². The number of likely N-dealkylation sites (tertiary alicyclic amines) is 1. The van der Waals surface area contributed by atoms with Crippen molar-refractivity contribution in [3.05, 3.63) is 0 Å². The van der Waals surface area contributed by atoms with Crippen LogP contribution in [0.5, 0.6) is 0 Å². The van der Waals surface area contributed by atoms with Crippen molar-refractivity contribution in [3.8, 4) is 0 Å². The molecule has 0 aromatic carbocycles. The van der Waals surface area contributed by atoms with E-state index < -0.39 is 0 Å². The van der Waals surface area contributed by atoms with E-state index in [0.717, 1.165) is 26.3 Å². The van der Waals surface area contributed by atoms with Crippen molar-refractivity contribution in [1.29, 1.82) is 0 Å². The molecule has 0 spiro atoms. The van der Waals surface area contributed by atoms with E-state index in [1.807, 2.05) is 0 Å². The zero-order valence-corrected chi connectivity index (χ0v) is 6.25. The van der Waals surface area contributed by atoms with Crippen LogP contribution in [0.2, 0.25) is 0 Å². The second-order valence-electron chi connectivity index (χ2n) is 3.04. The Morgan fingerprint density at radius 3 is 2.10 bits per heavy atom. The molecule has 3 heteroatoms. The van der Waals surface area contributed by atoms with Crippen LogP contribution in [0.3, 0.4) is 0 Å². The fourth-order valence-corrected chi connectivity index (χ4v) is 1.64. The molecule has 0 N–H and O–H groups in total. The van der Waals surface area contributed by atoms with Gasteiger partial charge in [-0.1, -0.05) is 0 Å². The molecule has 2 unspecified atom stereocenters. The van der Waals surface area contributed by atoms with Crippen LogP contribution in [-0.4, -0.2) is 50.5 Å². The molecule has 58 valence electrons. The van der Waals surface area contributed by atoms with Crippen molar-refractivity contribution in [2.75, 3.05) is 33.4 Å². The SMILES string of the molecule is CN1CC2OCCOC2C1. The summed E-state index contributed by atoms with van der Waals surface area (Å²) in [6.45, 7) is 3.61. The second-order valence-corrected chi connectivity index (χ2v) is 3.04. The average Bonchev–Trinajstić information content (AvgIpc) is 2.27. The summed E-state index contributed by atoms with van der Waals surface area (Å²) in [4.78, 5) is 2.25. The van der Waals surface area contributed by atoms with Crippen LogP contribution in [0.15, 0.2) is 0 Å². The molecule has 10 heavy (non-hydrogen) atoms. The average molecular weight is 143 g/mol. The summed E-state index contributed by atoms with van der Waals surface area (Å²) in [6, 6.07) is 0. The largest absolute Gasteiger partial charge is 0.372 e. The van der Waals surface area contributed by atoms with Gasteiger partial charge in [0.1, 0.15) is 0 Å². The molecule has 0 amide bonds. The molecule has 2 saturated heterocycles. The Bertz CT molecular complexity index is 115. The molecule has 2 aliphatic rings. The molecular weight excluding hydrogens is 130 g/mol. The van der Waals surface area contributed by atoms with Crippen LogP contribution in [0.25, 0.3) is 0 Å². The molecule has 2 fully saturated rings. The Morgan fingerprint density at radius 2 is 1.60 bits per heavy atom. The third kappa shape index (κ3) is 1.05. The zero-order valence-electron chi connectivity index (χ0n) is 6.25. The fraction of sp³-hybridized carbons (Fsp3) is 1.00. The first-order valence-electron chi connectivity index (χ1n) is 3.78. The molecule has 2 atom stereocenters. The predicted molar refractivity (Wildman–Crippen MR) is 37.0 cm³/mol. The summed E-state index contributed by atoms with van der Waals surface area (Å²) in [5.74, 6) is 0. The van der Waals surface area contributed by atoms with Crippen LogP contribution in [-0.2, 0) is 9.47 Å². The minimum atomic E-state index is 0.346. The summed E-state index contributed by atoms with van der Waals surface area (Å²) in [5.41, 5.74) is 0. The maximum atomic E-state index is 5.51. The summed E-state index contributed by atoms with van der Waals surface area (Å²) in [7, 11) is 2.10. The number of nitrogens with zero attached hydrogens (tertiary/aromatic N) is 1. The van der Waals surface area contributed by atoms with E-state index in [9.17, 15) is 0 Å². The number of hydrogen-bond acceptors (Lipinski definition) is 3. The number of rotatable bonds is 0. The molecule has 0 aromatic heterocycles. The van der Waals surface area contributed by atoms with E-state index >= 15 is 0 Å². The van der Waals surface area contributed by atoms with E-state index in [2.05, 4.69) is 11.9 Å². The summed E-state index contributed by atoms with van der Waals surface area (Å²) in [5, 5.41) is 0. The highest BCUT2D eigenvalue weighted by molar-refractivity contribution is 4.85.